The van der Waals surface area contributed by atoms with E-state index in [1.54, 1.807) is 6.07 Å². The maximum absolute atomic E-state index is 13.1. The number of benzene rings is 2. The minimum atomic E-state index is -0.246. The molecule has 0 radical (unpaired) electrons. The Kier molecular flexibility index (Phi) is 3.56. The second kappa shape index (κ2) is 5.19. The summed E-state index contributed by atoms with van der Waals surface area (Å²) in [5, 5.41) is 3.97. The number of aromatic nitrogens is 1. The summed E-state index contributed by atoms with van der Waals surface area (Å²) in [6, 6.07) is 10.4. The second-order valence-corrected chi connectivity index (χ2v) is 6.59. The average Bonchev–Trinajstić information content (AvgIpc) is 2.75. The highest BCUT2D eigenvalue weighted by Gasteiger charge is 2.09. The highest BCUT2D eigenvalue weighted by Crippen LogP contribution is 2.35. The van der Waals surface area contributed by atoms with Gasteiger partial charge in [-0.3, -0.25) is 0 Å². The molecule has 0 aliphatic heterocycles. The molecule has 0 spiro atoms. The largest absolute Gasteiger partial charge is 0.330 e. The van der Waals surface area contributed by atoms with Crippen LogP contribution in [0.15, 0.2) is 45.3 Å². The Hall–Kier alpha value is -0.980. The molecule has 0 unspecified atom stereocenters. The molecule has 0 saturated carbocycles. The van der Waals surface area contributed by atoms with Crippen LogP contribution in [0.2, 0.25) is 0 Å². The minimum Gasteiger partial charge on any atom is -0.330 e. The van der Waals surface area contributed by atoms with Crippen molar-refractivity contribution in [3.63, 3.8) is 0 Å². The first kappa shape index (κ1) is 13.0. The van der Waals surface area contributed by atoms with Gasteiger partial charge in [-0.15, -0.1) is 0 Å². The fourth-order valence-corrected chi connectivity index (χ4v) is 3.77. The molecule has 1 heterocycles. The molecule has 19 heavy (non-hydrogen) atoms. The highest BCUT2D eigenvalue weighted by molar-refractivity contribution is 9.11. The lowest BCUT2D eigenvalue weighted by Gasteiger charge is -2.07. The monoisotopic (exact) mass is 400 g/mol. The Labute approximate surface area is 129 Å². The molecule has 0 aliphatic rings. The van der Waals surface area contributed by atoms with E-state index < -0.39 is 0 Å². The van der Waals surface area contributed by atoms with Crippen LogP contribution in [-0.4, -0.2) is 4.98 Å². The van der Waals surface area contributed by atoms with Gasteiger partial charge < -0.3 is 5.32 Å². The summed E-state index contributed by atoms with van der Waals surface area (Å²) in [7, 11) is 0. The lowest BCUT2D eigenvalue weighted by Crippen LogP contribution is -1.91. The van der Waals surface area contributed by atoms with Crippen molar-refractivity contribution in [1.82, 2.24) is 4.98 Å². The van der Waals surface area contributed by atoms with Crippen molar-refractivity contribution in [2.24, 2.45) is 0 Å². The third kappa shape index (κ3) is 2.66. The molecule has 2 nitrogen and oxygen atoms in total. The SMILES string of the molecule is Fc1ccc2nc(Nc3c(Br)cccc3Br)sc2c1. The van der Waals surface area contributed by atoms with Crippen molar-refractivity contribution in [1.29, 1.82) is 0 Å². The first-order chi connectivity index (χ1) is 9.13. The normalized spacial score (nSPS) is 10.9. The molecule has 0 fully saturated rings. The van der Waals surface area contributed by atoms with Crippen LogP contribution in [0.4, 0.5) is 15.2 Å². The number of rotatable bonds is 2. The molecule has 0 aliphatic carbocycles. The predicted octanol–water partition coefficient (Wildman–Crippen LogP) is 5.70. The molecular formula is C13H7Br2FN2S. The zero-order valence-corrected chi connectivity index (χ0v) is 13.4. The van der Waals surface area contributed by atoms with Crippen molar-refractivity contribution >= 4 is 64.2 Å². The first-order valence-electron chi connectivity index (χ1n) is 5.40. The zero-order chi connectivity index (χ0) is 13.4. The van der Waals surface area contributed by atoms with Crippen LogP contribution in [0.1, 0.15) is 0 Å². The van der Waals surface area contributed by atoms with E-state index in [-0.39, 0.29) is 5.82 Å². The number of hydrogen-bond donors (Lipinski definition) is 1. The average molecular weight is 402 g/mol. The van der Waals surface area contributed by atoms with E-state index in [1.165, 1.54) is 23.5 Å². The van der Waals surface area contributed by atoms with Crippen LogP contribution in [0.3, 0.4) is 0 Å². The topological polar surface area (TPSA) is 24.9 Å². The quantitative estimate of drug-likeness (QED) is 0.595. The van der Waals surface area contributed by atoms with Gasteiger partial charge in [0.1, 0.15) is 5.82 Å². The van der Waals surface area contributed by atoms with Gasteiger partial charge >= 0.3 is 0 Å². The van der Waals surface area contributed by atoms with Crippen LogP contribution >= 0.6 is 43.2 Å². The number of para-hydroxylation sites is 1. The van der Waals surface area contributed by atoms with E-state index in [1.807, 2.05) is 18.2 Å². The lowest BCUT2D eigenvalue weighted by atomic mass is 10.3. The summed E-state index contributed by atoms with van der Waals surface area (Å²) in [4.78, 5) is 4.43. The zero-order valence-electron chi connectivity index (χ0n) is 9.45. The van der Waals surface area contributed by atoms with Gasteiger partial charge in [0.15, 0.2) is 5.13 Å². The summed E-state index contributed by atoms with van der Waals surface area (Å²) in [5.41, 5.74) is 1.69. The Balaban J connectivity index is 2.01. The van der Waals surface area contributed by atoms with Crippen LogP contribution in [0.5, 0.6) is 0 Å². The summed E-state index contributed by atoms with van der Waals surface area (Å²) >= 11 is 8.39. The fourth-order valence-electron chi connectivity index (χ4n) is 1.68. The van der Waals surface area contributed by atoms with E-state index in [9.17, 15) is 4.39 Å². The molecule has 1 aromatic heterocycles. The summed E-state index contributed by atoms with van der Waals surface area (Å²) in [6.07, 6.45) is 0. The molecule has 0 amide bonds. The standard InChI is InChI=1S/C13H7Br2FN2S/c14-8-2-1-3-9(15)12(8)18-13-17-10-5-4-7(16)6-11(10)19-13/h1-6H,(H,17,18). The van der Waals surface area contributed by atoms with Crippen molar-refractivity contribution in [2.45, 2.75) is 0 Å². The van der Waals surface area contributed by atoms with Gasteiger partial charge in [0.2, 0.25) is 0 Å². The van der Waals surface area contributed by atoms with Gasteiger partial charge in [0.05, 0.1) is 15.9 Å². The van der Waals surface area contributed by atoms with Gasteiger partial charge in [-0.2, -0.15) is 0 Å². The smallest absolute Gasteiger partial charge is 0.188 e. The van der Waals surface area contributed by atoms with E-state index in [0.29, 0.717) is 0 Å². The predicted molar refractivity (Wildman–Crippen MR) is 84.7 cm³/mol. The Morgan fingerprint density at radius 1 is 1.11 bits per heavy atom. The second-order valence-electron chi connectivity index (χ2n) is 3.85. The van der Waals surface area contributed by atoms with Gasteiger partial charge in [0.25, 0.3) is 0 Å². The highest BCUT2D eigenvalue weighted by atomic mass is 79.9. The van der Waals surface area contributed by atoms with Gasteiger partial charge in [0, 0.05) is 8.95 Å². The van der Waals surface area contributed by atoms with Gasteiger partial charge in [-0.1, -0.05) is 17.4 Å². The van der Waals surface area contributed by atoms with Crippen molar-refractivity contribution in [2.75, 3.05) is 5.32 Å². The number of anilines is 2. The molecular weight excluding hydrogens is 395 g/mol. The van der Waals surface area contributed by atoms with Crippen LogP contribution in [0, 0.1) is 5.82 Å². The fraction of sp³-hybridized carbons (Fsp3) is 0. The molecule has 0 atom stereocenters. The maximum Gasteiger partial charge on any atom is 0.188 e. The van der Waals surface area contributed by atoms with Gasteiger partial charge in [-0.25, -0.2) is 9.37 Å². The van der Waals surface area contributed by atoms with Gasteiger partial charge in [-0.05, 0) is 62.2 Å². The van der Waals surface area contributed by atoms with E-state index in [2.05, 4.69) is 42.2 Å². The third-order valence-corrected chi connectivity index (χ3v) is 4.80. The number of hydrogen-bond acceptors (Lipinski definition) is 3. The summed E-state index contributed by atoms with van der Waals surface area (Å²) in [6.45, 7) is 0. The van der Waals surface area contributed by atoms with E-state index >= 15 is 0 Å². The van der Waals surface area contributed by atoms with E-state index in [4.69, 9.17) is 0 Å². The molecule has 3 rings (SSSR count). The lowest BCUT2D eigenvalue weighted by molar-refractivity contribution is 0.630. The van der Waals surface area contributed by atoms with Crippen molar-refractivity contribution < 1.29 is 4.39 Å². The Morgan fingerprint density at radius 3 is 2.58 bits per heavy atom. The Bertz CT molecular complexity index is 737. The molecule has 3 aromatic rings. The van der Waals surface area contributed by atoms with Crippen LogP contribution in [-0.2, 0) is 0 Å². The number of nitrogens with zero attached hydrogens (tertiary/aromatic N) is 1. The van der Waals surface area contributed by atoms with Crippen molar-refractivity contribution in [3.05, 3.63) is 51.2 Å². The molecule has 0 saturated heterocycles. The molecule has 96 valence electrons. The summed E-state index contributed by atoms with van der Waals surface area (Å²) < 4.78 is 15.8. The van der Waals surface area contributed by atoms with Crippen LogP contribution in [0.25, 0.3) is 10.2 Å². The number of thiazole rings is 1. The number of nitrogens with one attached hydrogen (secondary N) is 1. The number of halogens is 3. The maximum atomic E-state index is 13.1. The Morgan fingerprint density at radius 2 is 1.84 bits per heavy atom. The molecule has 2 aromatic carbocycles. The first-order valence-corrected chi connectivity index (χ1v) is 7.81. The van der Waals surface area contributed by atoms with E-state index in [0.717, 1.165) is 30.0 Å². The molecule has 6 heteroatoms. The third-order valence-electron chi connectivity index (χ3n) is 2.55. The van der Waals surface area contributed by atoms with Crippen LogP contribution < -0.4 is 5.32 Å². The molecule has 0 bridgehead atoms. The minimum absolute atomic E-state index is 0.246. The number of fused-ring (bicyclic) bond motifs is 1. The molecule has 1 N–H and O–H groups in total. The van der Waals surface area contributed by atoms with Crippen molar-refractivity contribution in [3.8, 4) is 0 Å². The summed E-state index contributed by atoms with van der Waals surface area (Å²) in [5.74, 6) is -0.246.